The highest BCUT2D eigenvalue weighted by Crippen LogP contribution is 2.29. The predicted octanol–water partition coefficient (Wildman–Crippen LogP) is 2.66. The van der Waals surface area contributed by atoms with E-state index in [1.807, 2.05) is 17.1 Å². The zero-order chi connectivity index (χ0) is 19.3. The first kappa shape index (κ1) is 18.1. The molecule has 1 aliphatic rings. The molecule has 0 unspecified atom stereocenters. The summed E-state index contributed by atoms with van der Waals surface area (Å²) in [6, 6.07) is 5.66. The van der Waals surface area contributed by atoms with Crippen molar-refractivity contribution in [2.75, 3.05) is 7.11 Å². The summed E-state index contributed by atoms with van der Waals surface area (Å²) < 4.78 is 7.09. The van der Waals surface area contributed by atoms with Crippen LogP contribution in [0.5, 0.6) is 5.88 Å². The Morgan fingerprint density at radius 1 is 1.18 bits per heavy atom. The third-order valence-corrected chi connectivity index (χ3v) is 5.03. The summed E-state index contributed by atoms with van der Waals surface area (Å²) in [6.07, 6.45) is 12.6. The number of hydrogen-bond donors (Lipinski definition) is 1. The smallest absolute Gasteiger partial charge is 0.270 e. The minimum Gasteiger partial charge on any atom is -0.481 e. The van der Waals surface area contributed by atoms with E-state index in [2.05, 4.69) is 25.4 Å². The van der Waals surface area contributed by atoms with Crippen molar-refractivity contribution < 1.29 is 9.53 Å². The topological polar surface area (TPSA) is 94.8 Å². The lowest BCUT2D eigenvalue weighted by molar-refractivity contribution is 0.0915. The first-order chi connectivity index (χ1) is 13.7. The fourth-order valence-corrected chi connectivity index (χ4v) is 3.52. The molecule has 4 rings (SSSR count). The minimum atomic E-state index is -0.161. The summed E-state index contributed by atoms with van der Waals surface area (Å²) in [5, 5.41) is 7.59. The van der Waals surface area contributed by atoms with Gasteiger partial charge in [0.15, 0.2) is 0 Å². The van der Waals surface area contributed by atoms with Gasteiger partial charge in [0.1, 0.15) is 5.69 Å². The number of nitrogens with zero attached hydrogens (tertiary/aromatic N) is 5. The number of carbonyl (C=O) groups excluding carboxylic acids is 1. The molecule has 3 heterocycles. The van der Waals surface area contributed by atoms with E-state index in [0.29, 0.717) is 17.6 Å². The Hall–Kier alpha value is -3.29. The number of aromatic nitrogens is 5. The SMILES string of the molecule is COc1cccc(C(=O)NC2CCC(n3cc(-c4cnccn4)cn3)CC2)n1. The number of hydrogen-bond acceptors (Lipinski definition) is 6. The maximum atomic E-state index is 12.4. The number of amides is 1. The molecule has 1 N–H and O–H groups in total. The van der Waals surface area contributed by atoms with Crippen LogP contribution < -0.4 is 10.1 Å². The average molecular weight is 378 g/mol. The van der Waals surface area contributed by atoms with E-state index in [9.17, 15) is 4.79 Å². The van der Waals surface area contributed by atoms with Gasteiger partial charge >= 0.3 is 0 Å². The maximum Gasteiger partial charge on any atom is 0.270 e. The van der Waals surface area contributed by atoms with Crippen molar-refractivity contribution in [3.63, 3.8) is 0 Å². The fraction of sp³-hybridized carbons (Fsp3) is 0.350. The number of nitrogens with one attached hydrogen (secondary N) is 1. The van der Waals surface area contributed by atoms with Crippen LogP contribution in [0.1, 0.15) is 42.2 Å². The first-order valence-electron chi connectivity index (χ1n) is 9.35. The molecule has 0 radical (unpaired) electrons. The van der Waals surface area contributed by atoms with Crippen LogP contribution in [0.4, 0.5) is 0 Å². The molecule has 0 aromatic carbocycles. The van der Waals surface area contributed by atoms with Gasteiger partial charge in [-0.2, -0.15) is 5.10 Å². The lowest BCUT2D eigenvalue weighted by Gasteiger charge is -2.29. The molecule has 0 spiro atoms. The molecule has 8 heteroatoms. The lowest BCUT2D eigenvalue weighted by Crippen LogP contribution is -2.38. The number of rotatable bonds is 5. The minimum absolute atomic E-state index is 0.145. The summed E-state index contributed by atoms with van der Waals surface area (Å²) in [5.74, 6) is 0.278. The molecule has 0 aliphatic heterocycles. The van der Waals surface area contributed by atoms with Crippen LogP contribution in [0.3, 0.4) is 0 Å². The van der Waals surface area contributed by atoms with Crippen LogP contribution in [0.2, 0.25) is 0 Å². The standard InChI is InChI=1S/C20H22N6O2/c1-28-19-4-2-3-17(25-19)20(27)24-15-5-7-16(8-6-15)26-13-14(11-23-26)18-12-21-9-10-22-18/h2-4,9-13,15-16H,5-8H2,1H3,(H,24,27). The van der Waals surface area contributed by atoms with Gasteiger partial charge in [0, 0.05) is 36.3 Å². The second-order valence-electron chi connectivity index (χ2n) is 6.84. The van der Waals surface area contributed by atoms with Crippen LogP contribution >= 0.6 is 0 Å². The molecule has 28 heavy (non-hydrogen) atoms. The number of methoxy groups -OCH3 is 1. The molecule has 3 aromatic heterocycles. The van der Waals surface area contributed by atoms with E-state index in [1.54, 1.807) is 36.8 Å². The highest BCUT2D eigenvalue weighted by Gasteiger charge is 2.25. The zero-order valence-corrected chi connectivity index (χ0v) is 15.7. The van der Waals surface area contributed by atoms with Gasteiger partial charge in [0.05, 0.1) is 31.2 Å². The van der Waals surface area contributed by atoms with E-state index in [0.717, 1.165) is 36.9 Å². The Labute approximate surface area is 163 Å². The quantitative estimate of drug-likeness (QED) is 0.733. The maximum absolute atomic E-state index is 12.4. The van der Waals surface area contributed by atoms with Gasteiger partial charge in [-0.25, -0.2) is 4.98 Å². The van der Waals surface area contributed by atoms with Gasteiger partial charge in [-0.1, -0.05) is 6.07 Å². The van der Waals surface area contributed by atoms with Crippen LogP contribution in [0.25, 0.3) is 11.3 Å². The Morgan fingerprint density at radius 3 is 2.79 bits per heavy atom. The third kappa shape index (κ3) is 4.00. The molecule has 0 bridgehead atoms. The lowest BCUT2D eigenvalue weighted by atomic mass is 9.91. The zero-order valence-electron chi connectivity index (χ0n) is 15.7. The van der Waals surface area contributed by atoms with Crippen molar-refractivity contribution in [3.8, 4) is 17.1 Å². The third-order valence-electron chi connectivity index (χ3n) is 5.03. The number of carbonyl (C=O) groups is 1. The first-order valence-corrected chi connectivity index (χ1v) is 9.35. The van der Waals surface area contributed by atoms with E-state index >= 15 is 0 Å². The average Bonchev–Trinajstić information content (AvgIpc) is 3.25. The van der Waals surface area contributed by atoms with Crippen molar-refractivity contribution in [3.05, 3.63) is 54.9 Å². The molecule has 1 amide bonds. The van der Waals surface area contributed by atoms with Crippen LogP contribution in [-0.4, -0.2) is 43.8 Å². The van der Waals surface area contributed by atoms with E-state index in [-0.39, 0.29) is 11.9 Å². The second kappa shape index (κ2) is 8.16. The van der Waals surface area contributed by atoms with Crippen LogP contribution in [-0.2, 0) is 0 Å². The number of ether oxygens (including phenoxy) is 1. The molecular weight excluding hydrogens is 356 g/mol. The number of pyridine rings is 1. The van der Waals surface area contributed by atoms with Gasteiger partial charge in [-0.15, -0.1) is 0 Å². The second-order valence-corrected chi connectivity index (χ2v) is 6.84. The normalized spacial score (nSPS) is 19.2. The highest BCUT2D eigenvalue weighted by atomic mass is 16.5. The molecule has 1 saturated carbocycles. The molecule has 1 fully saturated rings. The summed E-state index contributed by atoms with van der Waals surface area (Å²) in [6.45, 7) is 0. The van der Waals surface area contributed by atoms with E-state index in [4.69, 9.17) is 4.74 Å². The Balaban J connectivity index is 1.33. The van der Waals surface area contributed by atoms with Crippen molar-refractivity contribution in [2.24, 2.45) is 0 Å². The summed E-state index contributed by atoms with van der Waals surface area (Å²) >= 11 is 0. The molecule has 1 aliphatic carbocycles. The summed E-state index contributed by atoms with van der Waals surface area (Å²) in [5.41, 5.74) is 2.16. The highest BCUT2D eigenvalue weighted by molar-refractivity contribution is 5.92. The monoisotopic (exact) mass is 378 g/mol. The fourth-order valence-electron chi connectivity index (χ4n) is 3.52. The van der Waals surface area contributed by atoms with Crippen molar-refractivity contribution in [1.82, 2.24) is 30.0 Å². The van der Waals surface area contributed by atoms with Gasteiger partial charge < -0.3 is 10.1 Å². The largest absolute Gasteiger partial charge is 0.481 e. The molecule has 3 aromatic rings. The van der Waals surface area contributed by atoms with Gasteiger partial charge in [-0.3, -0.25) is 19.4 Å². The molecule has 144 valence electrons. The van der Waals surface area contributed by atoms with Crippen molar-refractivity contribution >= 4 is 5.91 Å². The van der Waals surface area contributed by atoms with Gasteiger partial charge in [-0.05, 0) is 31.7 Å². The van der Waals surface area contributed by atoms with E-state index < -0.39 is 0 Å². The Kier molecular flexibility index (Phi) is 5.27. The molecular formula is C20H22N6O2. The van der Waals surface area contributed by atoms with Crippen molar-refractivity contribution in [1.29, 1.82) is 0 Å². The summed E-state index contributed by atoms with van der Waals surface area (Å²) in [4.78, 5) is 25.0. The van der Waals surface area contributed by atoms with Crippen LogP contribution in [0.15, 0.2) is 49.2 Å². The Morgan fingerprint density at radius 2 is 2.04 bits per heavy atom. The van der Waals surface area contributed by atoms with Crippen molar-refractivity contribution in [2.45, 2.75) is 37.8 Å². The predicted molar refractivity (Wildman–Crippen MR) is 103 cm³/mol. The molecule has 8 nitrogen and oxygen atoms in total. The Bertz CT molecular complexity index is 935. The van der Waals surface area contributed by atoms with Gasteiger partial charge in [0.2, 0.25) is 5.88 Å². The molecule has 0 saturated heterocycles. The van der Waals surface area contributed by atoms with Gasteiger partial charge in [0.25, 0.3) is 5.91 Å². The van der Waals surface area contributed by atoms with E-state index in [1.165, 1.54) is 7.11 Å². The molecule has 0 atom stereocenters. The van der Waals surface area contributed by atoms with Crippen LogP contribution in [0, 0.1) is 0 Å². The summed E-state index contributed by atoms with van der Waals surface area (Å²) in [7, 11) is 1.54.